The number of hydrogen-bond donors (Lipinski definition) is 2. The van der Waals surface area contributed by atoms with Crippen molar-refractivity contribution in [3.63, 3.8) is 0 Å². The third-order valence-electron chi connectivity index (χ3n) is 2.33. The maximum atomic E-state index is 6.08. The van der Waals surface area contributed by atoms with Crippen LogP contribution in [0, 0.1) is 0 Å². The van der Waals surface area contributed by atoms with Crippen LogP contribution in [0.3, 0.4) is 0 Å². The van der Waals surface area contributed by atoms with Gasteiger partial charge in [0.1, 0.15) is 5.82 Å². The van der Waals surface area contributed by atoms with Crippen molar-refractivity contribution in [2.45, 2.75) is 13.3 Å². The van der Waals surface area contributed by atoms with Crippen molar-refractivity contribution in [3.8, 4) is 0 Å². The molecule has 2 N–H and O–H groups in total. The molecule has 0 unspecified atom stereocenters. The molecule has 1 aromatic heterocycles. The Bertz CT molecular complexity index is 516. The van der Waals surface area contributed by atoms with Crippen molar-refractivity contribution in [2.24, 2.45) is 0 Å². The van der Waals surface area contributed by atoms with E-state index in [1.807, 2.05) is 24.3 Å². The van der Waals surface area contributed by atoms with Gasteiger partial charge < -0.3 is 10.6 Å². The first-order chi connectivity index (χ1) is 8.79. The molecule has 1 heterocycles. The summed E-state index contributed by atoms with van der Waals surface area (Å²) < 4.78 is 0. The Labute approximate surface area is 111 Å². The lowest BCUT2D eigenvalue weighted by Gasteiger charge is -2.08. The summed E-state index contributed by atoms with van der Waals surface area (Å²) in [7, 11) is 0. The second-order valence-corrected chi connectivity index (χ2v) is 4.20. The minimum atomic E-state index is 0.619. The minimum Gasteiger partial charge on any atom is -0.354 e. The zero-order valence-electron chi connectivity index (χ0n) is 10.2. The van der Waals surface area contributed by atoms with Gasteiger partial charge in [0.15, 0.2) is 0 Å². The van der Waals surface area contributed by atoms with E-state index in [0.717, 1.165) is 24.5 Å². The lowest BCUT2D eigenvalue weighted by Crippen LogP contribution is -2.05. The molecule has 0 saturated carbocycles. The maximum Gasteiger partial charge on any atom is 0.224 e. The van der Waals surface area contributed by atoms with Crippen molar-refractivity contribution in [2.75, 3.05) is 17.2 Å². The lowest BCUT2D eigenvalue weighted by atomic mass is 10.3. The van der Waals surface area contributed by atoms with Gasteiger partial charge in [-0.25, -0.2) is 4.98 Å². The number of para-hydroxylation sites is 1. The molecule has 0 atom stereocenters. The van der Waals surface area contributed by atoms with E-state index in [9.17, 15) is 0 Å². The van der Waals surface area contributed by atoms with Crippen molar-refractivity contribution < 1.29 is 0 Å². The molecule has 18 heavy (non-hydrogen) atoms. The van der Waals surface area contributed by atoms with Crippen molar-refractivity contribution in [1.82, 2.24) is 9.97 Å². The zero-order chi connectivity index (χ0) is 12.8. The normalized spacial score (nSPS) is 10.1. The van der Waals surface area contributed by atoms with Crippen LogP contribution >= 0.6 is 11.6 Å². The Hall–Kier alpha value is -1.81. The standard InChI is InChI=1S/C13H15ClN4/c1-2-8-15-13-16-9-7-12(18-13)17-11-6-4-3-5-10(11)14/h3-7,9H,2,8H2,1H3,(H2,15,16,17,18). The van der Waals surface area contributed by atoms with Crippen LogP contribution in [-0.4, -0.2) is 16.5 Å². The monoisotopic (exact) mass is 262 g/mol. The van der Waals surface area contributed by atoms with Gasteiger partial charge in [0.25, 0.3) is 0 Å². The number of nitrogens with zero attached hydrogens (tertiary/aromatic N) is 2. The smallest absolute Gasteiger partial charge is 0.224 e. The van der Waals surface area contributed by atoms with E-state index in [4.69, 9.17) is 11.6 Å². The van der Waals surface area contributed by atoms with Crippen molar-refractivity contribution >= 4 is 29.1 Å². The summed E-state index contributed by atoms with van der Waals surface area (Å²) in [6.45, 7) is 2.95. The van der Waals surface area contributed by atoms with Gasteiger partial charge in [-0.15, -0.1) is 0 Å². The molecular weight excluding hydrogens is 248 g/mol. The van der Waals surface area contributed by atoms with Gasteiger partial charge in [-0.1, -0.05) is 30.7 Å². The highest BCUT2D eigenvalue weighted by molar-refractivity contribution is 6.33. The summed E-state index contributed by atoms with van der Waals surface area (Å²) in [5.41, 5.74) is 0.833. The molecule has 0 saturated heterocycles. The molecule has 0 spiro atoms. The first-order valence-electron chi connectivity index (χ1n) is 5.88. The number of anilines is 3. The predicted octanol–water partition coefficient (Wildman–Crippen LogP) is 3.70. The fourth-order valence-electron chi connectivity index (χ4n) is 1.45. The Morgan fingerprint density at radius 1 is 1.22 bits per heavy atom. The number of aromatic nitrogens is 2. The van der Waals surface area contributed by atoms with Crippen LogP contribution in [0.15, 0.2) is 36.5 Å². The van der Waals surface area contributed by atoms with Gasteiger partial charge in [-0.05, 0) is 24.6 Å². The van der Waals surface area contributed by atoms with Gasteiger partial charge >= 0.3 is 0 Å². The first-order valence-corrected chi connectivity index (χ1v) is 6.26. The van der Waals surface area contributed by atoms with Crippen LogP contribution in [0.25, 0.3) is 0 Å². The van der Waals surface area contributed by atoms with Crippen LogP contribution in [0.1, 0.15) is 13.3 Å². The van der Waals surface area contributed by atoms with E-state index in [1.165, 1.54) is 0 Å². The predicted molar refractivity (Wildman–Crippen MR) is 75.5 cm³/mol. The Balaban J connectivity index is 2.12. The third-order valence-corrected chi connectivity index (χ3v) is 2.65. The summed E-state index contributed by atoms with van der Waals surface area (Å²) >= 11 is 6.08. The van der Waals surface area contributed by atoms with E-state index in [0.29, 0.717) is 11.0 Å². The molecule has 1 aromatic carbocycles. The highest BCUT2D eigenvalue weighted by Gasteiger charge is 2.02. The summed E-state index contributed by atoms with van der Waals surface area (Å²) in [5.74, 6) is 1.34. The minimum absolute atomic E-state index is 0.619. The summed E-state index contributed by atoms with van der Waals surface area (Å²) in [5, 5.41) is 6.97. The largest absolute Gasteiger partial charge is 0.354 e. The number of rotatable bonds is 5. The Morgan fingerprint density at radius 3 is 2.83 bits per heavy atom. The molecule has 2 aromatic rings. The maximum absolute atomic E-state index is 6.08. The summed E-state index contributed by atoms with van der Waals surface area (Å²) in [4.78, 5) is 8.50. The number of nitrogens with one attached hydrogen (secondary N) is 2. The zero-order valence-corrected chi connectivity index (χ0v) is 10.9. The highest BCUT2D eigenvalue weighted by atomic mass is 35.5. The molecule has 0 aliphatic carbocycles. The fourth-order valence-corrected chi connectivity index (χ4v) is 1.63. The van der Waals surface area contributed by atoms with Crippen LogP contribution < -0.4 is 10.6 Å². The van der Waals surface area contributed by atoms with E-state index in [1.54, 1.807) is 12.3 Å². The highest BCUT2D eigenvalue weighted by Crippen LogP contribution is 2.23. The number of benzene rings is 1. The average Bonchev–Trinajstić information content (AvgIpc) is 2.40. The quantitative estimate of drug-likeness (QED) is 0.863. The SMILES string of the molecule is CCCNc1nccc(Nc2ccccc2Cl)n1. The molecule has 0 radical (unpaired) electrons. The van der Waals surface area contributed by atoms with Gasteiger partial charge in [0.2, 0.25) is 5.95 Å². The van der Waals surface area contributed by atoms with Gasteiger partial charge in [0, 0.05) is 12.7 Å². The lowest BCUT2D eigenvalue weighted by molar-refractivity contribution is 0.953. The van der Waals surface area contributed by atoms with E-state index in [-0.39, 0.29) is 0 Å². The number of hydrogen-bond acceptors (Lipinski definition) is 4. The van der Waals surface area contributed by atoms with Crippen molar-refractivity contribution in [3.05, 3.63) is 41.6 Å². The van der Waals surface area contributed by atoms with Gasteiger partial charge in [-0.3, -0.25) is 0 Å². The van der Waals surface area contributed by atoms with Crippen LogP contribution in [0.5, 0.6) is 0 Å². The number of halogens is 1. The molecule has 0 fully saturated rings. The molecule has 0 aliphatic heterocycles. The van der Waals surface area contributed by atoms with Crippen LogP contribution in [0.4, 0.5) is 17.5 Å². The molecule has 0 amide bonds. The molecule has 4 nitrogen and oxygen atoms in total. The molecular formula is C13H15ClN4. The molecule has 5 heteroatoms. The van der Waals surface area contributed by atoms with E-state index in [2.05, 4.69) is 27.5 Å². The molecule has 0 bridgehead atoms. The fraction of sp³-hybridized carbons (Fsp3) is 0.231. The van der Waals surface area contributed by atoms with Crippen LogP contribution in [0.2, 0.25) is 5.02 Å². The van der Waals surface area contributed by atoms with Crippen LogP contribution in [-0.2, 0) is 0 Å². The van der Waals surface area contributed by atoms with E-state index >= 15 is 0 Å². The topological polar surface area (TPSA) is 49.8 Å². The van der Waals surface area contributed by atoms with Gasteiger partial charge in [0.05, 0.1) is 10.7 Å². The first kappa shape index (κ1) is 12.6. The van der Waals surface area contributed by atoms with Gasteiger partial charge in [-0.2, -0.15) is 4.98 Å². The second-order valence-electron chi connectivity index (χ2n) is 3.80. The summed E-state index contributed by atoms with van der Waals surface area (Å²) in [6, 6.07) is 9.36. The average molecular weight is 263 g/mol. The molecule has 0 aliphatic rings. The Morgan fingerprint density at radius 2 is 2.06 bits per heavy atom. The third kappa shape index (κ3) is 3.34. The van der Waals surface area contributed by atoms with Crippen molar-refractivity contribution in [1.29, 1.82) is 0 Å². The molecule has 2 rings (SSSR count). The summed E-state index contributed by atoms with van der Waals surface area (Å²) in [6.07, 6.45) is 2.75. The Kier molecular flexibility index (Phi) is 4.36. The molecule has 94 valence electrons. The second kappa shape index (κ2) is 6.21. The van der Waals surface area contributed by atoms with E-state index < -0.39 is 0 Å².